The van der Waals surface area contributed by atoms with Crippen molar-refractivity contribution in [2.24, 2.45) is 0 Å². The van der Waals surface area contributed by atoms with Crippen molar-refractivity contribution in [3.8, 4) is 10.6 Å². The minimum atomic E-state index is -0.0331. The highest BCUT2D eigenvalue weighted by atomic mass is 79.9. The van der Waals surface area contributed by atoms with E-state index in [1.165, 1.54) is 10.3 Å². The minimum Gasteiger partial charge on any atom is -0.326 e. The van der Waals surface area contributed by atoms with Gasteiger partial charge < -0.3 is 5.32 Å². The van der Waals surface area contributed by atoms with Gasteiger partial charge in [-0.2, -0.15) is 5.10 Å². The van der Waals surface area contributed by atoms with Crippen LogP contribution in [0.2, 0.25) is 0 Å². The maximum atomic E-state index is 12.2. The van der Waals surface area contributed by atoms with E-state index in [1.807, 2.05) is 35.9 Å². The fourth-order valence-electron chi connectivity index (χ4n) is 2.93. The number of carbonyl (C=O) groups is 1. The highest BCUT2D eigenvalue weighted by molar-refractivity contribution is 9.10. The number of benzene rings is 2. The fourth-order valence-corrected chi connectivity index (χ4v) is 4.30. The van der Waals surface area contributed by atoms with Gasteiger partial charge in [0.1, 0.15) is 5.01 Å². The second-order valence-electron chi connectivity index (χ2n) is 6.67. The standard InChI is InChI=1S/C21H19BrN4OS/c1-13-3-8-18-19(11-13)28-21(25-18)15-4-6-16(7-5-15)24-20(27)9-10-26-14(2)17(22)12-23-26/h3-8,11-12H,9-10H2,1-2H3,(H,24,27). The van der Waals surface area contributed by atoms with E-state index in [2.05, 4.69) is 51.5 Å². The van der Waals surface area contributed by atoms with Crippen LogP contribution in [0.1, 0.15) is 17.7 Å². The van der Waals surface area contributed by atoms with Gasteiger partial charge in [0.2, 0.25) is 5.91 Å². The van der Waals surface area contributed by atoms with Crippen molar-refractivity contribution in [3.63, 3.8) is 0 Å². The highest BCUT2D eigenvalue weighted by Crippen LogP contribution is 2.31. The Labute approximate surface area is 175 Å². The maximum Gasteiger partial charge on any atom is 0.226 e. The normalized spacial score (nSPS) is 11.1. The Morgan fingerprint density at radius 2 is 1.96 bits per heavy atom. The molecule has 0 saturated carbocycles. The monoisotopic (exact) mass is 454 g/mol. The third kappa shape index (κ3) is 4.00. The van der Waals surface area contributed by atoms with E-state index in [9.17, 15) is 4.79 Å². The SMILES string of the molecule is Cc1ccc2nc(-c3ccc(NC(=O)CCn4ncc(Br)c4C)cc3)sc2c1. The number of nitrogens with one attached hydrogen (secondary N) is 1. The molecule has 0 aliphatic heterocycles. The molecule has 4 rings (SSSR count). The third-order valence-electron chi connectivity index (χ3n) is 4.55. The molecule has 2 aromatic heterocycles. The zero-order valence-corrected chi connectivity index (χ0v) is 18.0. The Bertz CT molecular complexity index is 1150. The van der Waals surface area contributed by atoms with Crippen LogP contribution in [0, 0.1) is 13.8 Å². The van der Waals surface area contributed by atoms with Gasteiger partial charge in [-0.25, -0.2) is 4.98 Å². The lowest BCUT2D eigenvalue weighted by molar-refractivity contribution is -0.116. The first-order chi connectivity index (χ1) is 13.5. The average molecular weight is 455 g/mol. The molecule has 1 N–H and O–H groups in total. The number of carbonyl (C=O) groups excluding carboxylic acids is 1. The summed E-state index contributed by atoms with van der Waals surface area (Å²) in [5.41, 5.74) is 5.10. The molecule has 142 valence electrons. The number of thiazole rings is 1. The van der Waals surface area contributed by atoms with Crippen LogP contribution >= 0.6 is 27.3 Å². The molecule has 0 unspecified atom stereocenters. The molecule has 0 atom stereocenters. The molecule has 0 aliphatic carbocycles. The molecule has 0 bridgehead atoms. The van der Waals surface area contributed by atoms with Gasteiger partial charge in [-0.1, -0.05) is 6.07 Å². The number of fused-ring (bicyclic) bond motifs is 1. The Morgan fingerprint density at radius 3 is 2.68 bits per heavy atom. The largest absolute Gasteiger partial charge is 0.326 e. The summed E-state index contributed by atoms with van der Waals surface area (Å²) < 4.78 is 3.96. The molecule has 0 radical (unpaired) electrons. The molecule has 1 amide bonds. The van der Waals surface area contributed by atoms with Crippen molar-refractivity contribution in [1.82, 2.24) is 14.8 Å². The minimum absolute atomic E-state index is 0.0331. The summed E-state index contributed by atoms with van der Waals surface area (Å²) >= 11 is 5.11. The first-order valence-corrected chi connectivity index (χ1v) is 10.6. The van der Waals surface area contributed by atoms with E-state index in [0.29, 0.717) is 13.0 Å². The highest BCUT2D eigenvalue weighted by Gasteiger charge is 2.09. The van der Waals surface area contributed by atoms with Crippen LogP contribution in [0.15, 0.2) is 53.1 Å². The van der Waals surface area contributed by atoms with Crippen molar-refractivity contribution in [3.05, 3.63) is 64.4 Å². The van der Waals surface area contributed by atoms with E-state index in [0.717, 1.165) is 31.9 Å². The number of nitrogens with zero attached hydrogens (tertiary/aromatic N) is 3. The lowest BCUT2D eigenvalue weighted by atomic mass is 10.2. The van der Waals surface area contributed by atoms with E-state index < -0.39 is 0 Å². The van der Waals surface area contributed by atoms with Crippen LogP contribution in [-0.2, 0) is 11.3 Å². The Kier molecular flexibility index (Phi) is 5.28. The number of aryl methyl sites for hydroxylation is 2. The predicted octanol–water partition coefficient (Wildman–Crippen LogP) is 5.57. The summed E-state index contributed by atoms with van der Waals surface area (Å²) in [6, 6.07) is 14.1. The van der Waals surface area contributed by atoms with E-state index in [4.69, 9.17) is 4.98 Å². The van der Waals surface area contributed by atoms with Gasteiger partial charge in [-0.15, -0.1) is 11.3 Å². The van der Waals surface area contributed by atoms with E-state index in [1.54, 1.807) is 17.5 Å². The number of aromatic nitrogens is 3. The lowest BCUT2D eigenvalue weighted by Gasteiger charge is -2.07. The quantitative estimate of drug-likeness (QED) is 0.428. The second-order valence-corrected chi connectivity index (χ2v) is 8.55. The van der Waals surface area contributed by atoms with Crippen molar-refractivity contribution in [2.75, 3.05) is 5.32 Å². The molecule has 0 saturated heterocycles. The van der Waals surface area contributed by atoms with Gasteiger partial charge in [0, 0.05) is 23.4 Å². The Balaban J connectivity index is 1.41. The van der Waals surface area contributed by atoms with Crippen LogP contribution in [-0.4, -0.2) is 20.7 Å². The number of hydrogen-bond donors (Lipinski definition) is 1. The zero-order valence-electron chi connectivity index (χ0n) is 15.6. The van der Waals surface area contributed by atoms with Crippen molar-refractivity contribution < 1.29 is 4.79 Å². The summed E-state index contributed by atoms with van der Waals surface area (Å²) in [5.74, 6) is -0.0331. The van der Waals surface area contributed by atoms with Gasteiger partial charge in [0.25, 0.3) is 0 Å². The van der Waals surface area contributed by atoms with Gasteiger partial charge in [0.15, 0.2) is 0 Å². The van der Waals surface area contributed by atoms with Crippen LogP contribution in [0.4, 0.5) is 5.69 Å². The molecule has 28 heavy (non-hydrogen) atoms. The van der Waals surface area contributed by atoms with Gasteiger partial charge >= 0.3 is 0 Å². The summed E-state index contributed by atoms with van der Waals surface area (Å²) in [5, 5.41) is 8.17. The van der Waals surface area contributed by atoms with Crippen LogP contribution in [0.25, 0.3) is 20.8 Å². The molecular weight excluding hydrogens is 436 g/mol. The molecule has 4 aromatic rings. The zero-order chi connectivity index (χ0) is 19.7. The summed E-state index contributed by atoms with van der Waals surface area (Å²) in [6.45, 7) is 4.60. The van der Waals surface area contributed by atoms with Crippen molar-refractivity contribution in [1.29, 1.82) is 0 Å². The predicted molar refractivity (Wildman–Crippen MR) is 118 cm³/mol. The fraction of sp³-hybridized carbons (Fsp3) is 0.190. The maximum absolute atomic E-state index is 12.2. The van der Waals surface area contributed by atoms with Crippen LogP contribution in [0.5, 0.6) is 0 Å². The van der Waals surface area contributed by atoms with Gasteiger partial charge in [-0.05, 0) is 71.7 Å². The molecule has 0 fully saturated rings. The first-order valence-electron chi connectivity index (χ1n) is 8.95. The van der Waals surface area contributed by atoms with Crippen LogP contribution < -0.4 is 5.32 Å². The van der Waals surface area contributed by atoms with E-state index in [-0.39, 0.29) is 5.91 Å². The molecular formula is C21H19BrN4OS. The molecule has 7 heteroatoms. The number of hydrogen-bond acceptors (Lipinski definition) is 4. The number of rotatable bonds is 5. The Morgan fingerprint density at radius 1 is 1.18 bits per heavy atom. The second kappa shape index (κ2) is 7.85. The summed E-state index contributed by atoms with van der Waals surface area (Å²) in [4.78, 5) is 16.9. The van der Waals surface area contributed by atoms with Gasteiger partial charge in [-0.3, -0.25) is 9.48 Å². The van der Waals surface area contributed by atoms with Crippen LogP contribution in [0.3, 0.4) is 0 Å². The van der Waals surface area contributed by atoms with E-state index >= 15 is 0 Å². The topological polar surface area (TPSA) is 59.8 Å². The molecule has 0 aliphatic rings. The first kappa shape index (κ1) is 18.8. The van der Waals surface area contributed by atoms with Gasteiger partial charge in [0.05, 0.1) is 27.4 Å². The molecule has 0 spiro atoms. The lowest BCUT2D eigenvalue weighted by Crippen LogP contribution is -2.15. The number of anilines is 1. The average Bonchev–Trinajstić information content (AvgIpc) is 3.24. The summed E-state index contributed by atoms with van der Waals surface area (Å²) in [6.07, 6.45) is 2.11. The summed E-state index contributed by atoms with van der Waals surface area (Å²) in [7, 11) is 0. The number of halogens is 1. The molecule has 2 heterocycles. The molecule has 5 nitrogen and oxygen atoms in total. The smallest absolute Gasteiger partial charge is 0.226 e. The third-order valence-corrected chi connectivity index (χ3v) is 6.40. The Hall–Kier alpha value is -2.51. The number of amides is 1. The molecule has 2 aromatic carbocycles. The van der Waals surface area contributed by atoms with Crippen molar-refractivity contribution >= 4 is 49.1 Å². The van der Waals surface area contributed by atoms with Crippen molar-refractivity contribution in [2.45, 2.75) is 26.8 Å².